The summed E-state index contributed by atoms with van der Waals surface area (Å²) in [7, 11) is 0. The van der Waals surface area contributed by atoms with Crippen molar-refractivity contribution in [2.75, 3.05) is 13.4 Å². The van der Waals surface area contributed by atoms with Crippen molar-refractivity contribution in [1.29, 1.82) is 0 Å². The first kappa shape index (κ1) is 17.0. The fourth-order valence-electron chi connectivity index (χ4n) is 3.02. The van der Waals surface area contributed by atoms with Crippen molar-refractivity contribution in [1.82, 2.24) is 0 Å². The minimum absolute atomic E-state index is 0.157. The number of hydrogen-bond acceptors (Lipinski definition) is 6. The van der Waals surface area contributed by atoms with Gasteiger partial charge in [0.15, 0.2) is 18.1 Å². The number of aliphatic carboxylic acids is 1. The molecule has 4 rings (SSSR count). The molecule has 1 aromatic heterocycles. The molecule has 0 amide bonds. The van der Waals surface area contributed by atoms with E-state index in [1.807, 2.05) is 6.92 Å². The summed E-state index contributed by atoms with van der Waals surface area (Å²) in [6.07, 6.45) is 1.97. The first-order valence-corrected chi connectivity index (χ1v) is 8.40. The highest BCUT2D eigenvalue weighted by Gasteiger charge is 2.17. The lowest BCUT2D eigenvalue weighted by Crippen LogP contribution is -2.11. The van der Waals surface area contributed by atoms with E-state index in [0.717, 1.165) is 5.56 Å². The average molecular weight is 368 g/mol. The number of carboxylic acid groups (broad SMARTS) is 1. The van der Waals surface area contributed by atoms with Gasteiger partial charge in [-0.3, -0.25) is 4.79 Å². The Hall–Kier alpha value is -3.48. The van der Waals surface area contributed by atoms with Gasteiger partial charge in [0, 0.05) is 6.07 Å². The van der Waals surface area contributed by atoms with Gasteiger partial charge >= 0.3 is 5.97 Å². The summed E-state index contributed by atoms with van der Waals surface area (Å²) < 4.78 is 21.6. The zero-order valence-electron chi connectivity index (χ0n) is 14.5. The molecule has 0 spiro atoms. The van der Waals surface area contributed by atoms with E-state index < -0.39 is 12.6 Å². The minimum atomic E-state index is -1.07. The summed E-state index contributed by atoms with van der Waals surface area (Å²) in [4.78, 5) is 23.8. The Morgan fingerprint density at radius 2 is 2.00 bits per heavy atom. The molecule has 27 heavy (non-hydrogen) atoms. The molecule has 1 N–H and O–H groups in total. The van der Waals surface area contributed by atoms with Crippen molar-refractivity contribution < 1.29 is 28.5 Å². The summed E-state index contributed by atoms with van der Waals surface area (Å²) in [5.74, 6) is 0.541. The maximum Gasteiger partial charge on any atom is 0.341 e. The number of benzene rings is 2. The van der Waals surface area contributed by atoms with E-state index in [1.54, 1.807) is 30.3 Å². The van der Waals surface area contributed by atoms with Crippen LogP contribution < -0.4 is 19.6 Å². The Balaban J connectivity index is 1.81. The van der Waals surface area contributed by atoms with Gasteiger partial charge in [-0.1, -0.05) is 13.0 Å². The number of hydrogen-bond donors (Lipinski definition) is 1. The largest absolute Gasteiger partial charge is 0.481 e. The molecule has 3 aromatic rings. The Morgan fingerprint density at radius 1 is 1.19 bits per heavy atom. The van der Waals surface area contributed by atoms with E-state index in [0.29, 0.717) is 45.8 Å². The van der Waals surface area contributed by atoms with Crippen LogP contribution in [-0.4, -0.2) is 24.5 Å². The molecule has 0 aliphatic carbocycles. The highest BCUT2D eigenvalue weighted by atomic mass is 16.7. The maximum atomic E-state index is 13.0. The SMILES string of the molecule is CCc1cc2c(=O)c(-c3ccc4c(c3)OCO4)coc2cc1OCC(=O)O. The summed E-state index contributed by atoms with van der Waals surface area (Å²) >= 11 is 0. The molecular formula is C20H16O7. The van der Waals surface area contributed by atoms with Crippen LogP contribution in [0.3, 0.4) is 0 Å². The first-order chi connectivity index (χ1) is 13.1. The highest BCUT2D eigenvalue weighted by molar-refractivity contribution is 5.84. The van der Waals surface area contributed by atoms with Gasteiger partial charge in [-0.05, 0) is 35.7 Å². The van der Waals surface area contributed by atoms with Gasteiger partial charge in [0.1, 0.15) is 17.6 Å². The van der Waals surface area contributed by atoms with Gasteiger partial charge in [0.25, 0.3) is 0 Å². The molecule has 1 aliphatic heterocycles. The fraction of sp³-hybridized carbons (Fsp3) is 0.200. The lowest BCUT2D eigenvalue weighted by atomic mass is 10.0. The Kier molecular flexibility index (Phi) is 4.19. The molecule has 0 fully saturated rings. The molecule has 0 saturated carbocycles. The second kappa shape index (κ2) is 6.68. The third-order valence-electron chi connectivity index (χ3n) is 4.37. The summed E-state index contributed by atoms with van der Waals surface area (Å²) in [5, 5.41) is 9.21. The molecule has 0 atom stereocenters. The van der Waals surface area contributed by atoms with E-state index in [4.69, 9.17) is 23.7 Å². The van der Waals surface area contributed by atoms with Crippen LogP contribution in [0, 0.1) is 0 Å². The molecule has 7 nitrogen and oxygen atoms in total. The number of fused-ring (bicyclic) bond motifs is 2. The van der Waals surface area contributed by atoms with Crippen LogP contribution in [0.1, 0.15) is 12.5 Å². The second-order valence-corrected chi connectivity index (χ2v) is 6.04. The predicted octanol–water partition coefficient (Wildman–Crippen LogP) is 3.21. The van der Waals surface area contributed by atoms with Gasteiger partial charge in [0.2, 0.25) is 12.2 Å². The standard InChI is InChI=1S/C20H16O7/c1-2-11-5-13-17(7-16(11)25-9-19(21)22)24-8-14(20(13)23)12-3-4-15-18(6-12)27-10-26-15/h3-8H,2,9-10H2,1H3,(H,21,22). The summed E-state index contributed by atoms with van der Waals surface area (Å²) in [5.41, 5.74) is 1.96. The van der Waals surface area contributed by atoms with Crippen LogP contribution in [0.5, 0.6) is 17.2 Å². The molecule has 2 aromatic carbocycles. The van der Waals surface area contributed by atoms with Crippen molar-refractivity contribution >= 4 is 16.9 Å². The molecule has 138 valence electrons. The van der Waals surface area contributed by atoms with Crippen LogP contribution in [0.15, 0.2) is 45.8 Å². The van der Waals surface area contributed by atoms with E-state index in [1.165, 1.54) is 6.26 Å². The van der Waals surface area contributed by atoms with Crippen LogP contribution in [-0.2, 0) is 11.2 Å². The summed E-state index contributed by atoms with van der Waals surface area (Å²) in [6.45, 7) is 1.60. The molecule has 0 bridgehead atoms. The lowest BCUT2D eigenvalue weighted by Gasteiger charge is -2.11. The van der Waals surface area contributed by atoms with Gasteiger partial charge in [-0.25, -0.2) is 4.79 Å². The number of aryl methyl sites for hydroxylation is 1. The first-order valence-electron chi connectivity index (χ1n) is 8.40. The third kappa shape index (κ3) is 3.08. The molecule has 7 heteroatoms. The Morgan fingerprint density at radius 3 is 2.78 bits per heavy atom. The number of rotatable bonds is 5. The van der Waals surface area contributed by atoms with E-state index >= 15 is 0 Å². The summed E-state index contributed by atoms with van der Waals surface area (Å²) in [6, 6.07) is 8.51. The van der Waals surface area contributed by atoms with Gasteiger partial charge in [0.05, 0.1) is 10.9 Å². The van der Waals surface area contributed by atoms with Crippen LogP contribution in [0.25, 0.3) is 22.1 Å². The molecule has 2 heterocycles. The zero-order chi connectivity index (χ0) is 19.0. The van der Waals surface area contributed by atoms with Crippen molar-refractivity contribution in [3.8, 4) is 28.4 Å². The van der Waals surface area contributed by atoms with E-state index in [2.05, 4.69) is 0 Å². The molecule has 0 unspecified atom stereocenters. The molecule has 0 radical (unpaired) electrons. The Labute approximate surface area is 153 Å². The zero-order valence-corrected chi connectivity index (χ0v) is 14.5. The van der Waals surface area contributed by atoms with Gasteiger partial charge in [-0.15, -0.1) is 0 Å². The van der Waals surface area contributed by atoms with E-state index in [9.17, 15) is 9.59 Å². The Bertz CT molecular complexity index is 1100. The van der Waals surface area contributed by atoms with Gasteiger partial charge < -0.3 is 23.7 Å². The van der Waals surface area contributed by atoms with Crippen LogP contribution >= 0.6 is 0 Å². The molecular weight excluding hydrogens is 352 g/mol. The molecule has 1 aliphatic rings. The smallest absolute Gasteiger partial charge is 0.341 e. The van der Waals surface area contributed by atoms with Crippen molar-refractivity contribution in [2.45, 2.75) is 13.3 Å². The molecule has 0 saturated heterocycles. The van der Waals surface area contributed by atoms with Crippen LogP contribution in [0.2, 0.25) is 0 Å². The van der Waals surface area contributed by atoms with Crippen LogP contribution in [0.4, 0.5) is 0 Å². The van der Waals surface area contributed by atoms with Crippen molar-refractivity contribution in [2.24, 2.45) is 0 Å². The predicted molar refractivity (Wildman–Crippen MR) is 96.6 cm³/mol. The van der Waals surface area contributed by atoms with Crippen molar-refractivity contribution in [3.05, 3.63) is 52.4 Å². The fourth-order valence-corrected chi connectivity index (χ4v) is 3.02. The number of carboxylic acids is 1. The van der Waals surface area contributed by atoms with Gasteiger partial charge in [-0.2, -0.15) is 0 Å². The van der Waals surface area contributed by atoms with E-state index in [-0.39, 0.29) is 12.2 Å². The topological polar surface area (TPSA) is 95.2 Å². The lowest BCUT2D eigenvalue weighted by molar-refractivity contribution is -0.139. The maximum absolute atomic E-state index is 13.0. The third-order valence-corrected chi connectivity index (χ3v) is 4.37. The number of ether oxygens (including phenoxy) is 3. The monoisotopic (exact) mass is 368 g/mol. The number of carbonyl (C=O) groups is 1. The normalized spacial score (nSPS) is 12.3. The quantitative estimate of drug-likeness (QED) is 0.739. The minimum Gasteiger partial charge on any atom is -0.481 e. The highest BCUT2D eigenvalue weighted by Crippen LogP contribution is 2.36. The second-order valence-electron chi connectivity index (χ2n) is 6.04. The van der Waals surface area contributed by atoms with Crippen molar-refractivity contribution in [3.63, 3.8) is 0 Å². The average Bonchev–Trinajstić information content (AvgIpc) is 3.13.